The van der Waals surface area contributed by atoms with Crippen LogP contribution in [0.25, 0.3) is 10.9 Å². The lowest BCUT2D eigenvalue weighted by atomic mass is 10.00. The second kappa shape index (κ2) is 4.45. The standard InChI is InChI=1S/C17H18N2O2/c20-16(21)13-9-18-14-4-2-1-3-12(14)15(13)19-10-17(7-8-17)11-5-6-11/h1-4,9,11H,5-8,10H2,(H,18,19)(H,20,21). The molecule has 2 N–H and O–H groups in total. The van der Waals surface area contributed by atoms with E-state index in [0.29, 0.717) is 5.41 Å². The van der Waals surface area contributed by atoms with E-state index in [0.717, 1.165) is 29.1 Å². The van der Waals surface area contributed by atoms with Gasteiger partial charge in [0.05, 0.1) is 11.2 Å². The summed E-state index contributed by atoms with van der Waals surface area (Å²) in [4.78, 5) is 15.7. The zero-order valence-electron chi connectivity index (χ0n) is 11.8. The summed E-state index contributed by atoms with van der Waals surface area (Å²) in [5, 5.41) is 13.7. The van der Waals surface area contributed by atoms with Crippen LogP contribution in [0.4, 0.5) is 5.69 Å². The van der Waals surface area contributed by atoms with Gasteiger partial charge in [0.25, 0.3) is 0 Å². The summed E-state index contributed by atoms with van der Waals surface area (Å²) >= 11 is 0. The Hall–Kier alpha value is -2.10. The van der Waals surface area contributed by atoms with Crippen molar-refractivity contribution in [2.24, 2.45) is 11.3 Å². The molecule has 0 saturated heterocycles. The zero-order chi connectivity index (χ0) is 14.4. The Labute approximate surface area is 123 Å². The lowest BCUT2D eigenvalue weighted by Crippen LogP contribution is -2.19. The molecule has 4 nitrogen and oxygen atoms in total. The minimum atomic E-state index is -0.924. The van der Waals surface area contributed by atoms with Crippen molar-refractivity contribution in [2.45, 2.75) is 25.7 Å². The molecule has 2 fully saturated rings. The maximum Gasteiger partial charge on any atom is 0.339 e. The Morgan fingerprint density at radius 1 is 1.33 bits per heavy atom. The van der Waals surface area contributed by atoms with Gasteiger partial charge in [0.2, 0.25) is 0 Å². The van der Waals surface area contributed by atoms with Crippen LogP contribution >= 0.6 is 0 Å². The van der Waals surface area contributed by atoms with Crippen molar-refractivity contribution < 1.29 is 9.90 Å². The Morgan fingerprint density at radius 3 is 2.76 bits per heavy atom. The number of carbonyl (C=O) groups is 1. The first-order valence-electron chi connectivity index (χ1n) is 7.54. The summed E-state index contributed by atoms with van der Waals surface area (Å²) in [6.07, 6.45) is 6.69. The average Bonchev–Trinajstić information content (AvgIpc) is 3.37. The predicted octanol–water partition coefficient (Wildman–Crippen LogP) is 3.54. The number of anilines is 1. The third-order valence-electron chi connectivity index (χ3n) is 4.96. The van der Waals surface area contributed by atoms with Gasteiger partial charge in [-0.05, 0) is 43.1 Å². The monoisotopic (exact) mass is 282 g/mol. The highest BCUT2D eigenvalue weighted by molar-refractivity contribution is 6.04. The maximum absolute atomic E-state index is 11.5. The van der Waals surface area contributed by atoms with Gasteiger partial charge >= 0.3 is 5.97 Å². The molecule has 108 valence electrons. The van der Waals surface area contributed by atoms with E-state index in [1.165, 1.54) is 31.9 Å². The molecule has 21 heavy (non-hydrogen) atoms. The number of carboxylic acids is 1. The topological polar surface area (TPSA) is 62.2 Å². The first-order chi connectivity index (χ1) is 10.2. The first-order valence-corrected chi connectivity index (χ1v) is 7.54. The molecular formula is C17H18N2O2. The van der Waals surface area contributed by atoms with Crippen molar-refractivity contribution in [1.82, 2.24) is 4.98 Å². The lowest BCUT2D eigenvalue weighted by molar-refractivity contribution is 0.0697. The van der Waals surface area contributed by atoms with Crippen molar-refractivity contribution in [3.8, 4) is 0 Å². The minimum absolute atomic E-state index is 0.264. The highest BCUT2D eigenvalue weighted by Crippen LogP contribution is 2.61. The zero-order valence-corrected chi connectivity index (χ0v) is 11.8. The van der Waals surface area contributed by atoms with Crippen LogP contribution in [0.5, 0.6) is 0 Å². The number of pyridine rings is 1. The summed E-state index contributed by atoms with van der Waals surface area (Å²) in [6, 6.07) is 7.70. The molecule has 4 rings (SSSR count). The summed E-state index contributed by atoms with van der Waals surface area (Å²) in [5.41, 5.74) is 2.25. The quantitative estimate of drug-likeness (QED) is 0.880. The van der Waals surface area contributed by atoms with Crippen LogP contribution in [-0.4, -0.2) is 22.6 Å². The van der Waals surface area contributed by atoms with Crippen molar-refractivity contribution in [3.63, 3.8) is 0 Å². The Balaban J connectivity index is 1.71. The smallest absolute Gasteiger partial charge is 0.339 e. The number of fused-ring (bicyclic) bond motifs is 1. The molecule has 2 saturated carbocycles. The van der Waals surface area contributed by atoms with Crippen LogP contribution in [0.1, 0.15) is 36.0 Å². The van der Waals surface area contributed by atoms with E-state index in [9.17, 15) is 9.90 Å². The van der Waals surface area contributed by atoms with Crippen molar-refractivity contribution in [2.75, 3.05) is 11.9 Å². The van der Waals surface area contributed by atoms with Crippen LogP contribution in [0.2, 0.25) is 0 Å². The van der Waals surface area contributed by atoms with Gasteiger partial charge in [0.1, 0.15) is 5.56 Å². The van der Waals surface area contributed by atoms with Gasteiger partial charge in [-0.15, -0.1) is 0 Å². The Morgan fingerprint density at radius 2 is 2.10 bits per heavy atom. The molecule has 1 heterocycles. The summed E-state index contributed by atoms with van der Waals surface area (Å²) in [5.74, 6) is -0.0709. The van der Waals surface area contributed by atoms with Gasteiger partial charge in [-0.2, -0.15) is 0 Å². The van der Waals surface area contributed by atoms with Gasteiger partial charge in [0, 0.05) is 18.1 Å². The number of rotatable bonds is 5. The molecule has 2 aromatic rings. The molecule has 0 radical (unpaired) electrons. The largest absolute Gasteiger partial charge is 0.478 e. The van der Waals surface area contributed by atoms with Crippen LogP contribution < -0.4 is 5.32 Å². The van der Waals surface area contributed by atoms with E-state index in [1.54, 1.807) is 0 Å². The highest BCUT2D eigenvalue weighted by Gasteiger charge is 2.53. The SMILES string of the molecule is O=C(O)c1cnc2ccccc2c1NCC1(C2CC2)CC1. The van der Waals surface area contributed by atoms with Crippen LogP contribution in [0.3, 0.4) is 0 Å². The molecule has 1 aromatic heterocycles. The van der Waals surface area contributed by atoms with Crippen LogP contribution in [-0.2, 0) is 0 Å². The van der Waals surface area contributed by atoms with E-state index >= 15 is 0 Å². The first kappa shape index (κ1) is 12.6. The van der Waals surface area contributed by atoms with E-state index in [1.807, 2.05) is 24.3 Å². The number of hydrogen-bond donors (Lipinski definition) is 2. The third-order valence-corrected chi connectivity index (χ3v) is 4.96. The van der Waals surface area contributed by atoms with Crippen molar-refractivity contribution >= 4 is 22.6 Å². The van der Waals surface area contributed by atoms with Crippen molar-refractivity contribution in [1.29, 1.82) is 0 Å². The number of nitrogens with one attached hydrogen (secondary N) is 1. The van der Waals surface area contributed by atoms with Crippen LogP contribution in [0.15, 0.2) is 30.5 Å². The summed E-state index contributed by atoms with van der Waals surface area (Å²) in [6.45, 7) is 0.881. The van der Waals surface area contributed by atoms with E-state index < -0.39 is 5.97 Å². The highest BCUT2D eigenvalue weighted by atomic mass is 16.4. The molecule has 0 unspecified atom stereocenters. The summed E-state index contributed by atoms with van der Waals surface area (Å²) < 4.78 is 0. The number of carboxylic acid groups (broad SMARTS) is 1. The second-order valence-corrected chi connectivity index (χ2v) is 6.36. The molecule has 1 aromatic carbocycles. The fraction of sp³-hybridized carbons (Fsp3) is 0.412. The summed E-state index contributed by atoms with van der Waals surface area (Å²) in [7, 11) is 0. The number of benzene rings is 1. The van der Waals surface area contributed by atoms with E-state index in [4.69, 9.17) is 0 Å². The Bertz CT molecular complexity index is 718. The number of para-hydroxylation sites is 1. The number of nitrogens with zero attached hydrogens (tertiary/aromatic N) is 1. The molecule has 0 amide bonds. The molecule has 0 spiro atoms. The molecule has 0 atom stereocenters. The molecule has 0 bridgehead atoms. The third kappa shape index (κ3) is 2.15. The van der Waals surface area contributed by atoms with Gasteiger partial charge in [-0.25, -0.2) is 4.79 Å². The fourth-order valence-electron chi connectivity index (χ4n) is 3.34. The molecule has 0 aliphatic heterocycles. The fourth-order valence-corrected chi connectivity index (χ4v) is 3.34. The van der Waals surface area contributed by atoms with Gasteiger partial charge in [-0.3, -0.25) is 4.98 Å². The maximum atomic E-state index is 11.5. The van der Waals surface area contributed by atoms with E-state index in [-0.39, 0.29) is 5.56 Å². The van der Waals surface area contributed by atoms with Crippen molar-refractivity contribution in [3.05, 3.63) is 36.0 Å². The van der Waals surface area contributed by atoms with E-state index in [2.05, 4.69) is 10.3 Å². The second-order valence-electron chi connectivity index (χ2n) is 6.36. The average molecular weight is 282 g/mol. The van der Waals surface area contributed by atoms with Gasteiger partial charge in [0.15, 0.2) is 0 Å². The normalized spacial score (nSPS) is 19.4. The molecule has 2 aliphatic carbocycles. The van der Waals surface area contributed by atoms with Crippen LogP contribution in [0, 0.1) is 11.3 Å². The number of hydrogen-bond acceptors (Lipinski definition) is 3. The lowest BCUT2D eigenvalue weighted by Gasteiger charge is -2.18. The van der Waals surface area contributed by atoms with Gasteiger partial charge in [-0.1, -0.05) is 18.2 Å². The predicted molar refractivity (Wildman–Crippen MR) is 81.6 cm³/mol. The number of aromatic nitrogens is 1. The van der Waals surface area contributed by atoms with Gasteiger partial charge < -0.3 is 10.4 Å². The Kier molecular flexibility index (Phi) is 2.67. The molecule has 4 heteroatoms. The minimum Gasteiger partial charge on any atom is -0.478 e. The molecular weight excluding hydrogens is 264 g/mol. The molecule has 2 aliphatic rings. The number of aromatic carboxylic acids is 1.